The highest BCUT2D eigenvalue weighted by molar-refractivity contribution is 5.36. The Kier molecular flexibility index (Phi) is 1.79. The van der Waals surface area contributed by atoms with Crippen molar-refractivity contribution < 1.29 is 0 Å². The molecule has 1 N–H and O–H groups in total. The van der Waals surface area contributed by atoms with Crippen LogP contribution in [-0.4, -0.2) is 16.3 Å². The molecule has 0 amide bonds. The molecule has 1 aromatic rings. The van der Waals surface area contributed by atoms with Crippen LogP contribution in [-0.2, 0) is 7.05 Å². The van der Waals surface area contributed by atoms with Crippen LogP contribution in [0, 0.1) is 12.8 Å². The van der Waals surface area contributed by atoms with Crippen molar-refractivity contribution in [3.63, 3.8) is 0 Å². The van der Waals surface area contributed by atoms with Gasteiger partial charge in [0.05, 0.1) is 5.69 Å². The molecule has 12 heavy (non-hydrogen) atoms. The minimum absolute atomic E-state index is 0.917. The van der Waals surface area contributed by atoms with Crippen LogP contribution < -0.4 is 5.32 Å². The van der Waals surface area contributed by atoms with E-state index in [0.717, 1.165) is 24.0 Å². The lowest BCUT2D eigenvalue weighted by Gasteiger charge is -2.03. The molecule has 1 aliphatic rings. The highest BCUT2D eigenvalue weighted by Gasteiger charge is 2.20. The van der Waals surface area contributed by atoms with Crippen LogP contribution in [0.5, 0.6) is 0 Å². The van der Waals surface area contributed by atoms with Crippen LogP contribution in [0.15, 0.2) is 6.07 Å². The van der Waals surface area contributed by atoms with E-state index in [1.807, 2.05) is 18.7 Å². The van der Waals surface area contributed by atoms with E-state index in [-0.39, 0.29) is 0 Å². The smallest absolute Gasteiger partial charge is 0.124 e. The standard InChI is InChI=1S/C9H15N3/c1-7-5-9(12(2)11-7)10-6-8-3-4-8/h5,8,10H,3-4,6H2,1-2H3. The molecule has 0 aromatic carbocycles. The fraction of sp³-hybridized carbons (Fsp3) is 0.667. The number of rotatable bonds is 3. The maximum absolute atomic E-state index is 4.26. The summed E-state index contributed by atoms with van der Waals surface area (Å²) in [5.41, 5.74) is 1.08. The Morgan fingerprint density at radius 1 is 1.67 bits per heavy atom. The Labute approximate surface area is 72.8 Å². The van der Waals surface area contributed by atoms with Gasteiger partial charge in [-0.3, -0.25) is 4.68 Å². The fourth-order valence-electron chi connectivity index (χ4n) is 1.35. The molecule has 1 aliphatic carbocycles. The predicted octanol–water partition coefficient (Wildman–Crippen LogP) is 1.55. The van der Waals surface area contributed by atoms with Gasteiger partial charge < -0.3 is 5.32 Å². The first kappa shape index (κ1) is 7.65. The molecular formula is C9H15N3. The lowest BCUT2D eigenvalue weighted by Crippen LogP contribution is -2.07. The second-order valence-electron chi connectivity index (χ2n) is 3.62. The first-order valence-electron chi connectivity index (χ1n) is 4.50. The number of nitrogens with one attached hydrogen (secondary N) is 1. The zero-order chi connectivity index (χ0) is 8.55. The number of hydrogen-bond donors (Lipinski definition) is 1. The molecule has 0 saturated heterocycles. The van der Waals surface area contributed by atoms with Gasteiger partial charge >= 0.3 is 0 Å². The van der Waals surface area contributed by atoms with Crippen LogP contribution in [0.3, 0.4) is 0 Å². The average Bonchev–Trinajstić information content (AvgIpc) is 2.76. The van der Waals surface area contributed by atoms with Gasteiger partial charge in [-0.2, -0.15) is 5.10 Å². The van der Waals surface area contributed by atoms with Crippen molar-refractivity contribution in [3.8, 4) is 0 Å². The molecule has 0 spiro atoms. The number of hydrogen-bond acceptors (Lipinski definition) is 2. The van der Waals surface area contributed by atoms with E-state index in [1.54, 1.807) is 0 Å². The Balaban J connectivity index is 1.96. The topological polar surface area (TPSA) is 29.9 Å². The second-order valence-corrected chi connectivity index (χ2v) is 3.62. The summed E-state index contributed by atoms with van der Waals surface area (Å²) in [5.74, 6) is 2.06. The van der Waals surface area contributed by atoms with Crippen LogP contribution in [0.2, 0.25) is 0 Å². The van der Waals surface area contributed by atoms with Crippen molar-refractivity contribution in [2.45, 2.75) is 19.8 Å². The molecule has 0 unspecified atom stereocenters. The minimum atomic E-state index is 0.917. The summed E-state index contributed by atoms with van der Waals surface area (Å²) in [4.78, 5) is 0. The predicted molar refractivity (Wildman–Crippen MR) is 49.2 cm³/mol. The van der Waals surface area contributed by atoms with Crippen molar-refractivity contribution in [2.24, 2.45) is 13.0 Å². The van der Waals surface area contributed by atoms with Gasteiger partial charge in [-0.25, -0.2) is 0 Å². The van der Waals surface area contributed by atoms with E-state index in [9.17, 15) is 0 Å². The van der Waals surface area contributed by atoms with E-state index in [0.29, 0.717) is 0 Å². The van der Waals surface area contributed by atoms with Gasteiger partial charge in [0.2, 0.25) is 0 Å². The Morgan fingerprint density at radius 3 is 2.92 bits per heavy atom. The molecule has 66 valence electrons. The van der Waals surface area contributed by atoms with Crippen molar-refractivity contribution in [1.29, 1.82) is 0 Å². The van der Waals surface area contributed by atoms with Crippen molar-refractivity contribution in [1.82, 2.24) is 9.78 Å². The number of anilines is 1. The van der Waals surface area contributed by atoms with Crippen LogP contribution in [0.1, 0.15) is 18.5 Å². The first-order valence-corrected chi connectivity index (χ1v) is 4.50. The molecule has 1 heterocycles. The summed E-state index contributed by atoms with van der Waals surface area (Å²) in [7, 11) is 1.97. The highest BCUT2D eigenvalue weighted by atomic mass is 15.3. The number of nitrogens with zero attached hydrogens (tertiary/aromatic N) is 2. The SMILES string of the molecule is Cc1cc(NCC2CC2)n(C)n1. The van der Waals surface area contributed by atoms with Crippen LogP contribution >= 0.6 is 0 Å². The van der Waals surface area contributed by atoms with Gasteiger partial charge in [-0.15, -0.1) is 0 Å². The lowest BCUT2D eigenvalue weighted by molar-refractivity contribution is 0.751. The molecule has 1 aromatic heterocycles. The summed E-state index contributed by atoms with van der Waals surface area (Å²) < 4.78 is 1.90. The van der Waals surface area contributed by atoms with Gasteiger partial charge in [-0.1, -0.05) is 0 Å². The highest BCUT2D eigenvalue weighted by Crippen LogP contribution is 2.28. The maximum atomic E-state index is 4.26. The normalized spacial score (nSPS) is 16.5. The van der Waals surface area contributed by atoms with E-state index < -0.39 is 0 Å². The van der Waals surface area contributed by atoms with Gasteiger partial charge in [0.1, 0.15) is 5.82 Å². The third kappa shape index (κ3) is 1.60. The molecule has 1 fully saturated rings. The molecule has 0 radical (unpaired) electrons. The third-order valence-corrected chi connectivity index (χ3v) is 2.27. The molecule has 0 aliphatic heterocycles. The van der Waals surface area contributed by atoms with E-state index in [2.05, 4.69) is 16.5 Å². The van der Waals surface area contributed by atoms with Crippen LogP contribution in [0.25, 0.3) is 0 Å². The summed E-state index contributed by atoms with van der Waals surface area (Å²) in [6, 6.07) is 2.09. The largest absolute Gasteiger partial charge is 0.370 e. The van der Waals surface area contributed by atoms with Crippen molar-refractivity contribution >= 4 is 5.82 Å². The van der Waals surface area contributed by atoms with Crippen molar-refractivity contribution in [3.05, 3.63) is 11.8 Å². The Hall–Kier alpha value is -0.990. The lowest BCUT2D eigenvalue weighted by atomic mass is 10.4. The quantitative estimate of drug-likeness (QED) is 0.736. The maximum Gasteiger partial charge on any atom is 0.124 e. The monoisotopic (exact) mass is 165 g/mol. The molecular weight excluding hydrogens is 150 g/mol. The zero-order valence-corrected chi connectivity index (χ0v) is 7.67. The minimum Gasteiger partial charge on any atom is -0.370 e. The zero-order valence-electron chi connectivity index (χ0n) is 7.67. The van der Waals surface area contributed by atoms with Crippen molar-refractivity contribution in [2.75, 3.05) is 11.9 Å². The van der Waals surface area contributed by atoms with Crippen LogP contribution in [0.4, 0.5) is 5.82 Å². The molecule has 3 heteroatoms. The molecule has 0 atom stereocenters. The number of aryl methyl sites for hydroxylation is 2. The fourth-order valence-corrected chi connectivity index (χ4v) is 1.35. The summed E-state index contributed by atoms with van der Waals surface area (Å²) in [6.07, 6.45) is 2.79. The summed E-state index contributed by atoms with van der Waals surface area (Å²) in [5, 5.41) is 7.66. The third-order valence-electron chi connectivity index (χ3n) is 2.27. The van der Waals surface area contributed by atoms with Gasteiger partial charge in [-0.05, 0) is 25.7 Å². The number of aromatic nitrogens is 2. The van der Waals surface area contributed by atoms with E-state index in [4.69, 9.17) is 0 Å². The average molecular weight is 165 g/mol. The second kappa shape index (κ2) is 2.81. The summed E-state index contributed by atoms with van der Waals surface area (Å²) in [6.45, 7) is 3.13. The Morgan fingerprint density at radius 2 is 2.42 bits per heavy atom. The van der Waals surface area contributed by atoms with Gasteiger partial charge in [0, 0.05) is 19.7 Å². The summed E-state index contributed by atoms with van der Waals surface area (Å²) >= 11 is 0. The molecule has 1 saturated carbocycles. The van der Waals surface area contributed by atoms with Gasteiger partial charge in [0.25, 0.3) is 0 Å². The Bertz CT molecular complexity index is 273. The molecule has 0 bridgehead atoms. The van der Waals surface area contributed by atoms with Gasteiger partial charge in [0.15, 0.2) is 0 Å². The first-order chi connectivity index (χ1) is 5.75. The molecule has 3 nitrogen and oxygen atoms in total. The van der Waals surface area contributed by atoms with E-state index in [1.165, 1.54) is 12.8 Å². The molecule has 2 rings (SSSR count). The van der Waals surface area contributed by atoms with E-state index >= 15 is 0 Å².